The van der Waals surface area contributed by atoms with Crippen LogP contribution in [0.15, 0.2) is 35.7 Å². The maximum atomic E-state index is 13.2. The molecule has 0 aliphatic carbocycles. The second-order valence-corrected chi connectivity index (χ2v) is 8.48. The first kappa shape index (κ1) is 22.2. The second kappa shape index (κ2) is 10.5. The molecule has 0 fully saturated rings. The first-order chi connectivity index (χ1) is 14.5. The number of amides is 3. The Morgan fingerprint density at radius 3 is 2.80 bits per heavy atom. The van der Waals surface area contributed by atoms with Gasteiger partial charge in [-0.3, -0.25) is 4.79 Å². The fraction of sp³-hybridized carbons (Fsp3) is 0.478. The van der Waals surface area contributed by atoms with Crippen LogP contribution < -0.4 is 10.1 Å². The molecule has 1 aromatic heterocycles. The van der Waals surface area contributed by atoms with Gasteiger partial charge < -0.3 is 19.9 Å². The fourth-order valence-electron chi connectivity index (χ4n) is 3.69. The molecule has 2 aromatic rings. The molecule has 6 nitrogen and oxygen atoms in total. The predicted octanol–water partition coefficient (Wildman–Crippen LogP) is 4.00. The van der Waals surface area contributed by atoms with Crippen LogP contribution in [0.3, 0.4) is 0 Å². The van der Waals surface area contributed by atoms with E-state index in [-0.39, 0.29) is 24.5 Å². The molecular formula is C23H31N3O3S. The minimum atomic E-state index is -0.186. The normalized spacial score (nSPS) is 15.4. The van der Waals surface area contributed by atoms with Gasteiger partial charge in [0.1, 0.15) is 18.9 Å². The van der Waals surface area contributed by atoms with Gasteiger partial charge in [-0.2, -0.15) is 0 Å². The lowest BCUT2D eigenvalue weighted by Gasteiger charge is -2.37. The van der Waals surface area contributed by atoms with E-state index in [0.29, 0.717) is 26.2 Å². The molecule has 0 unspecified atom stereocenters. The van der Waals surface area contributed by atoms with Crippen molar-refractivity contribution in [1.29, 1.82) is 0 Å². The van der Waals surface area contributed by atoms with E-state index < -0.39 is 0 Å². The Hall–Kier alpha value is -2.54. The molecular weight excluding hydrogens is 398 g/mol. The summed E-state index contributed by atoms with van der Waals surface area (Å²) >= 11 is 1.73. The van der Waals surface area contributed by atoms with Crippen molar-refractivity contribution in [3.8, 4) is 5.75 Å². The number of benzene rings is 1. The van der Waals surface area contributed by atoms with Gasteiger partial charge in [0.2, 0.25) is 5.91 Å². The molecule has 1 aliphatic heterocycles. The summed E-state index contributed by atoms with van der Waals surface area (Å²) in [5.41, 5.74) is 2.23. The number of thiophene rings is 1. The summed E-state index contributed by atoms with van der Waals surface area (Å²) in [5.74, 6) is 0.792. The van der Waals surface area contributed by atoms with Gasteiger partial charge in [-0.05, 0) is 55.3 Å². The standard InChI is InChI=1S/C23H31N3O3S/c1-4-12-24-23(28)25(5-2)15-22(27)26-13-10-21-18(11-14-30-21)19(26)16-29-20-9-7-6-8-17(20)3/h6-9,11,14,19H,4-5,10,12-13,15-16H2,1-3H3,(H,24,28)/t19-/m0/s1. The summed E-state index contributed by atoms with van der Waals surface area (Å²) in [6, 6.07) is 9.67. The summed E-state index contributed by atoms with van der Waals surface area (Å²) in [4.78, 5) is 30.3. The number of urea groups is 1. The number of fused-ring (bicyclic) bond motifs is 1. The zero-order valence-corrected chi connectivity index (χ0v) is 18.8. The number of likely N-dealkylation sites (N-methyl/N-ethyl adjacent to an activating group) is 1. The van der Waals surface area contributed by atoms with Gasteiger partial charge in [0.25, 0.3) is 0 Å². The number of para-hydroxylation sites is 1. The van der Waals surface area contributed by atoms with Crippen LogP contribution in [0.4, 0.5) is 4.79 Å². The Kier molecular flexibility index (Phi) is 7.74. The molecule has 3 amide bonds. The number of nitrogens with zero attached hydrogens (tertiary/aromatic N) is 2. The number of carbonyl (C=O) groups is 2. The average Bonchev–Trinajstić information content (AvgIpc) is 3.24. The first-order valence-corrected chi connectivity index (χ1v) is 11.5. The van der Waals surface area contributed by atoms with Gasteiger partial charge in [-0.25, -0.2) is 4.79 Å². The largest absolute Gasteiger partial charge is 0.491 e. The fourth-order valence-corrected chi connectivity index (χ4v) is 4.61. The lowest BCUT2D eigenvalue weighted by atomic mass is 10.0. The lowest BCUT2D eigenvalue weighted by molar-refractivity contribution is -0.135. The minimum Gasteiger partial charge on any atom is -0.491 e. The molecule has 162 valence electrons. The number of nitrogens with one attached hydrogen (secondary N) is 1. The Morgan fingerprint density at radius 2 is 2.07 bits per heavy atom. The quantitative estimate of drug-likeness (QED) is 0.690. The summed E-state index contributed by atoms with van der Waals surface area (Å²) < 4.78 is 6.13. The number of hydrogen-bond acceptors (Lipinski definition) is 4. The van der Waals surface area contributed by atoms with Gasteiger partial charge in [-0.15, -0.1) is 11.3 Å². The van der Waals surface area contributed by atoms with Crippen molar-refractivity contribution in [3.05, 3.63) is 51.7 Å². The monoisotopic (exact) mass is 429 g/mol. The number of carbonyl (C=O) groups excluding carboxylic acids is 2. The van der Waals surface area contributed by atoms with Crippen LogP contribution in [0.25, 0.3) is 0 Å². The highest BCUT2D eigenvalue weighted by Gasteiger charge is 2.33. The van der Waals surface area contributed by atoms with Crippen LogP contribution in [-0.4, -0.2) is 54.5 Å². The smallest absolute Gasteiger partial charge is 0.317 e. The number of aryl methyl sites for hydroxylation is 1. The topological polar surface area (TPSA) is 61.9 Å². The molecule has 0 bridgehead atoms. The van der Waals surface area contributed by atoms with Gasteiger partial charge in [0.15, 0.2) is 0 Å². The van der Waals surface area contributed by atoms with Gasteiger partial charge in [0, 0.05) is 24.5 Å². The van der Waals surface area contributed by atoms with Crippen molar-refractivity contribution in [2.24, 2.45) is 0 Å². The van der Waals surface area contributed by atoms with E-state index in [9.17, 15) is 9.59 Å². The molecule has 3 rings (SSSR count). The molecule has 0 radical (unpaired) electrons. The first-order valence-electron chi connectivity index (χ1n) is 10.6. The Labute approximate surface area is 182 Å². The SMILES string of the molecule is CCCNC(=O)N(CC)CC(=O)N1CCc2sccc2[C@@H]1COc1ccccc1C. The van der Waals surface area contributed by atoms with E-state index >= 15 is 0 Å². The average molecular weight is 430 g/mol. The molecule has 1 N–H and O–H groups in total. The van der Waals surface area contributed by atoms with Crippen LogP contribution in [0.5, 0.6) is 5.75 Å². The van der Waals surface area contributed by atoms with E-state index in [1.165, 1.54) is 4.88 Å². The maximum Gasteiger partial charge on any atom is 0.317 e. The number of ether oxygens (including phenoxy) is 1. The Bertz CT molecular complexity index is 867. The van der Waals surface area contributed by atoms with Crippen molar-refractivity contribution in [2.45, 2.75) is 39.7 Å². The molecule has 0 saturated carbocycles. The highest BCUT2D eigenvalue weighted by molar-refractivity contribution is 7.10. The predicted molar refractivity (Wildman–Crippen MR) is 120 cm³/mol. The third kappa shape index (κ3) is 5.14. The lowest BCUT2D eigenvalue weighted by Crippen LogP contribution is -2.49. The molecule has 7 heteroatoms. The number of rotatable bonds is 8. The molecule has 2 heterocycles. The van der Waals surface area contributed by atoms with Crippen LogP contribution in [-0.2, 0) is 11.2 Å². The minimum absolute atomic E-state index is 0.0428. The third-order valence-corrected chi connectivity index (χ3v) is 6.42. The van der Waals surface area contributed by atoms with Gasteiger partial charge in [0.05, 0.1) is 6.04 Å². The van der Waals surface area contributed by atoms with E-state index in [2.05, 4.69) is 16.8 Å². The van der Waals surface area contributed by atoms with E-state index in [4.69, 9.17) is 4.74 Å². The summed E-state index contributed by atoms with van der Waals surface area (Å²) in [6.45, 7) is 8.13. The summed E-state index contributed by atoms with van der Waals surface area (Å²) in [5, 5.41) is 4.94. The second-order valence-electron chi connectivity index (χ2n) is 7.47. The molecule has 0 saturated heterocycles. The van der Waals surface area contributed by atoms with Gasteiger partial charge in [-0.1, -0.05) is 25.1 Å². The third-order valence-electron chi connectivity index (χ3n) is 5.43. The van der Waals surface area contributed by atoms with Crippen molar-refractivity contribution < 1.29 is 14.3 Å². The summed E-state index contributed by atoms with van der Waals surface area (Å²) in [6.07, 6.45) is 1.70. The van der Waals surface area contributed by atoms with Crippen LogP contribution in [0.2, 0.25) is 0 Å². The highest BCUT2D eigenvalue weighted by atomic mass is 32.1. The molecule has 1 aromatic carbocycles. The van der Waals surface area contributed by atoms with Crippen LogP contribution >= 0.6 is 11.3 Å². The zero-order valence-electron chi connectivity index (χ0n) is 18.0. The van der Waals surface area contributed by atoms with E-state index in [0.717, 1.165) is 29.7 Å². The maximum absolute atomic E-state index is 13.2. The van der Waals surface area contributed by atoms with E-state index in [1.807, 2.05) is 49.9 Å². The molecule has 0 spiro atoms. The van der Waals surface area contributed by atoms with Crippen molar-refractivity contribution >= 4 is 23.3 Å². The highest BCUT2D eigenvalue weighted by Crippen LogP contribution is 2.34. The molecule has 1 atom stereocenters. The van der Waals surface area contributed by atoms with E-state index in [1.54, 1.807) is 16.2 Å². The molecule has 1 aliphatic rings. The number of hydrogen-bond donors (Lipinski definition) is 1. The van der Waals surface area contributed by atoms with Crippen molar-refractivity contribution in [2.75, 3.05) is 32.8 Å². The molecule has 30 heavy (non-hydrogen) atoms. The Morgan fingerprint density at radius 1 is 1.27 bits per heavy atom. The van der Waals surface area contributed by atoms with Crippen LogP contribution in [0, 0.1) is 6.92 Å². The summed E-state index contributed by atoms with van der Waals surface area (Å²) in [7, 11) is 0. The van der Waals surface area contributed by atoms with Gasteiger partial charge >= 0.3 is 6.03 Å². The Balaban J connectivity index is 1.73. The van der Waals surface area contributed by atoms with Crippen LogP contribution in [0.1, 0.15) is 42.3 Å². The van der Waals surface area contributed by atoms with Crippen molar-refractivity contribution in [3.63, 3.8) is 0 Å². The van der Waals surface area contributed by atoms with Crippen molar-refractivity contribution in [1.82, 2.24) is 15.1 Å². The zero-order chi connectivity index (χ0) is 21.5.